The first kappa shape index (κ1) is 24.0. The van der Waals surface area contributed by atoms with Gasteiger partial charge in [0.25, 0.3) is 0 Å². The van der Waals surface area contributed by atoms with Crippen molar-refractivity contribution in [1.29, 1.82) is 0 Å². The molecule has 0 radical (unpaired) electrons. The molecular formula is C29H29NO5. The van der Waals surface area contributed by atoms with Gasteiger partial charge in [-0.15, -0.1) is 0 Å². The average molecular weight is 472 g/mol. The van der Waals surface area contributed by atoms with Gasteiger partial charge in [-0.25, -0.2) is 0 Å². The molecule has 3 aromatic carbocycles. The van der Waals surface area contributed by atoms with Gasteiger partial charge >= 0.3 is 0 Å². The number of hydrogen-bond acceptors (Lipinski definition) is 5. The minimum Gasteiger partial charge on any atom is -0.497 e. The molecule has 0 aliphatic heterocycles. The second kappa shape index (κ2) is 9.97. The minimum absolute atomic E-state index is 0.212. The summed E-state index contributed by atoms with van der Waals surface area (Å²) in [6, 6.07) is 15.4. The summed E-state index contributed by atoms with van der Waals surface area (Å²) in [4.78, 5) is 12.8. The molecule has 0 aliphatic rings. The lowest BCUT2D eigenvalue weighted by Crippen LogP contribution is -2.09. The van der Waals surface area contributed by atoms with E-state index in [4.69, 9.17) is 18.6 Å². The third-order valence-electron chi connectivity index (χ3n) is 5.85. The predicted molar refractivity (Wildman–Crippen MR) is 140 cm³/mol. The highest BCUT2D eigenvalue weighted by Crippen LogP contribution is 2.41. The summed E-state index contributed by atoms with van der Waals surface area (Å²) in [6.45, 7) is 5.89. The molecule has 35 heavy (non-hydrogen) atoms. The highest BCUT2D eigenvalue weighted by Gasteiger charge is 2.18. The maximum atomic E-state index is 12.8. The summed E-state index contributed by atoms with van der Waals surface area (Å²) in [5, 5.41) is 3.82. The van der Waals surface area contributed by atoms with Gasteiger partial charge in [-0.2, -0.15) is 0 Å². The normalized spacial score (nSPS) is 11.4. The topological polar surface area (TPSA) is 69.9 Å². The van der Waals surface area contributed by atoms with Crippen LogP contribution in [-0.2, 0) is 4.79 Å². The second-order valence-electron chi connectivity index (χ2n) is 8.46. The van der Waals surface area contributed by atoms with Crippen LogP contribution in [0.1, 0.15) is 23.6 Å². The van der Waals surface area contributed by atoms with Crippen LogP contribution in [0.4, 0.5) is 5.69 Å². The smallest absolute Gasteiger partial charge is 0.248 e. The molecular weight excluding hydrogens is 442 g/mol. The molecule has 1 heterocycles. The fraction of sp³-hybridized carbons (Fsp3) is 0.207. The molecule has 0 saturated heterocycles. The summed E-state index contributed by atoms with van der Waals surface area (Å²) in [7, 11) is 4.85. The van der Waals surface area contributed by atoms with Crippen molar-refractivity contribution in [2.75, 3.05) is 26.6 Å². The lowest BCUT2D eigenvalue weighted by molar-refractivity contribution is -0.111. The standard InChI is InChI=1S/C29H29NO5/c1-17-9-18(2)11-20(10-17)30-29(31)12-19(3)22-14-24-25(16-35-28(24)15-27(22)34-6)23-13-21(32-4)7-8-26(23)33-5/h7-16H,1-6H3,(H,30,31)/b19-12+. The van der Waals surface area contributed by atoms with Gasteiger partial charge in [0, 0.05) is 39.9 Å². The first-order chi connectivity index (χ1) is 16.8. The van der Waals surface area contributed by atoms with Crippen molar-refractivity contribution >= 4 is 28.1 Å². The zero-order valence-electron chi connectivity index (χ0n) is 20.8. The Morgan fingerprint density at radius 2 is 1.57 bits per heavy atom. The molecule has 4 rings (SSSR count). The number of benzene rings is 3. The number of amides is 1. The molecule has 0 bridgehead atoms. The van der Waals surface area contributed by atoms with Crippen molar-refractivity contribution in [3.63, 3.8) is 0 Å². The maximum absolute atomic E-state index is 12.8. The van der Waals surface area contributed by atoms with Crippen LogP contribution in [0, 0.1) is 13.8 Å². The largest absolute Gasteiger partial charge is 0.497 e. The molecule has 1 amide bonds. The van der Waals surface area contributed by atoms with Crippen LogP contribution in [-0.4, -0.2) is 27.2 Å². The second-order valence-corrected chi connectivity index (χ2v) is 8.46. The summed E-state index contributed by atoms with van der Waals surface area (Å²) >= 11 is 0. The Morgan fingerprint density at radius 3 is 2.23 bits per heavy atom. The molecule has 1 aromatic heterocycles. The minimum atomic E-state index is -0.212. The Morgan fingerprint density at radius 1 is 0.857 bits per heavy atom. The number of furan rings is 1. The van der Waals surface area contributed by atoms with Crippen LogP contribution in [0.2, 0.25) is 0 Å². The van der Waals surface area contributed by atoms with Crippen molar-refractivity contribution in [2.45, 2.75) is 20.8 Å². The van der Waals surface area contributed by atoms with Crippen LogP contribution >= 0.6 is 0 Å². The zero-order valence-corrected chi connectivity index (χ0v) is 20.8. The third kappa shape index (κ3) is 5.01. The summed E-state index contributed by atoms with van der Waals surface area (Å²) in [6.07, 6.45) is 3.27. The van der Waals surface area contributed by atoms with Gasteiger partial charge in [-0.05, 0) is 73.9 Å². The Hall–Kier alpha value is -4.19. The zero-order chi connectivity index (χ0) is 25.1. The number of ether oxygens (including phenoxy) is 3. The lowest BCUT2D eigenvalue weighted by Gasteiger charge is -2.12. The third-order valence-corrected chi connectivity index (χ3v) is 5.85. The van der Waals surface area contributed by atoms with Crippen molar-refractivity contribution in [3.8, 4) is 28.4 Å². The molecule has 0 spiro atoms. The Bertz CT molecular complexity index is 1410. The SMILES string of the molecule is COc1ccc(OC)c(-c2coc3cc(OC)c(/C(C)=C/C(=O)Nc4cc(C)cc(C)c4)cc23)c1. The van der Waals surface area contributed by atoms with Crippen LogP contribution < -0.4 is 19.5 Å². The van der Waals surface area contributed by atoms with Gasteiger partial charge in [0.15, 0.2) is 0 Å². The number of rotatable bonds is 7. The predicted octanol–water partition coefficient (Wildman–Crippen LogP) is 6.78. The van der Waals surface area contributed by atoms with Gasteiger partial charge in [-0.3, -0.25) is 4.79 Å². The van der Waals surface area contributed by atoms with E-state index < -0.39 is 0 Å². The van der Waals surface area contributed by atoms with Crippen LogP contribution in [0.15, 0.2) is 65.3 Å². The molecule has 0 atom stereocenters. The molecule has 0 aliphatic carbocycles. The molecule has 180 valence electrons. The van der Waals surface area contributed by atoms with Crippen LogP contribution in [0.5, 0.6) is 17.2 Å². The monoisotopic (exact) mass is 471 g/mol. The number of aryl methyl sites for hydroxylation is 2. The summed E-state index contributed by atoms with van der Waals surface area (Å²) in [5.74, 6) is 1.81. The molecule has 6 nitrogen and oxygen atoms in total. The van der Waals surface area contributed by atoms with E-state index in [1.807, 2.05) is 63.2 Å². The number of carbonyl (C=O) groups excluding carboxylic acids is 1. The maximum Gasteiger partial charge on any atom is 0.248 e. The van der Waals surface area contributed by atoms with E-state index in [9.17, 15) is 4.79 Å². The molecule has 0 saturated carbocycles. The number of fused-ring (bicyclic) bond motifs is 1. The van der Waals surface area contributed by atoms with E-state index in [1.54, 1.807) is 33.7 Å². The van der Waals surface area contributed by atoms with Crippen LogP contribution in [0.25, 0.3) is 27.7 Å². The summed E-state index contributed by atoms with van der Waals surface area (Å²) in [5.41, 5.74) is 6.86. The number of nitrogens with one attached hydrogen (secondary N) is 1. The van der Waals surface area contributed by atoms with E-state index in [2.05, 4.69) is 11.4 Å². The van der Waals surface area contributed by atoms with Crippen molar-refractivity contribution in [3.05, 3.63) is 77.6 Å². The highest BCUT2D eigenvalue weighted by atomic mass is 16.5. The highest BCUT2D eigenvalue weighted by molar-refractivity contribution is 6.05. The molecule has 0 fully saturated rings. The van der Waals surface area contributed by atoms with Gasteiger partial charge in [0.1, 0.15) is 22.8 Å². The average Bonchev–Trinajstić information content (AvgIpc) is 3.24. The molecule has 6 heteroatoms. The Balaban J connectivity index is 1.75. The fourth-order valence-electron chi connectivity index (χ4n) is 4.26. The number of methoxy groups -OCH3 is 3. The van der Waals surface area contributed by atoms with E-state index in [0.717, 1.165) is 44.5 Å². The quantitative estimate of drug-likeness (QED) is 0.301. The molecule has 0 unspecified atom stereocenters. The first-order valence-corrected chi connectivity index (χ1v) is 11.2. The summed E-state index contributed by atoms with van der Waals surface area (Å²) < 4.78 is 22.5. The van der Waals surface area contributed by atoms with E-state index in [-0.39, 0.29) is 5.91 Å². The fourth-order valence-corrected chi connectivity index (χ4v) is 4.26. The number of carbonyl (C=O) groups is 1. The van der Waals surface area contributed by atoms with Gasteiger partial charge in [0.2, 0.25) is 5.91 Å². The van der Waals surface area contributed by atoms with Crippen molar-refractivity contribution in [1.82, 2.24) is 0 Å². The van der Waals surface area contributed by atoms with E-state index in [0.29, 0.717) is 22.8 Å². The number of hydrogen-bond donors (Lipinski definition) is 1. The van der Waals surface area contributed by atoms with Crippen LogP contribution in [0.3, 0.4) is 0 Å². The van der Waals surface area contributed by atoms with Gasteiger partial charge in [0.05, 0.1) is 27.6 Å². The number of anilines is 1. The Kier molecular flexibility index (Phi) is 6.82. The molecule has 4 aromatic rings. The van der Waals surface area contributed by atoms with Gasteiger partial charge < -0.3 is 23.9 Å². The van der Waals surface area contributed by atoms with Crippen molar-refractivity contribution in [2.24, 2.45) is 0 Å². The van der Waals surface area contributed by atoms with E-state index in [1.165, 1.54) is 0 Å². The van der Waals surface area contributed by atoms with Gasteiger partial charge in [-0.1, -0.05) is 6.07 Å². The van der Waals surface area contributed by atoms with Crippen molar-refractivity contribution < 1.29 is 23.4 Å². The lowest BCUT2D eigenvalue weighted by atomic mass is 9.98. The number of allylic oxidation sites excluding steroid dienone is 1. The molecule has 1 N–H and O–H groups in total. The Labute approximate surface area is 205 Å². The van der Waals surface area contributed by atoms with E-state index >= 15 is 0 Å². The first-order valence-electron chi connectivity index (χ1n) is 11.2.